The Hall–Kier alpha value is -5.58. The van der Waals surface area contributed by atoms with E-state index < -0.39 is 0 Å². The van der Waals surface area contributed by atoms with E-state index >= 15 is 0 Å². The highest BCUT2D eigenvalue weighted by atomic mass is 35.5. The summed E-state index contributed by atoms with van der Waals surface area (Å²) >= 11 is 6.48. The molecule has 8 rings (SSSR count). The molecule has 6 aromatic carbocycles. The molecule has 0 spiro atoms. The highest BCUT2D eigenvalue weighted by molar-refractivity contribution is 6.28. The molecule has 222 valence electrons. The maximum Gasteiger partial charge on any atom is 0.226 e. The summed E-state index contributed by atoms with van der Waals surface area (Å²) in [5, 5.41) is 2.59. The smallest absolute Gasteiger partial charge is 0.226 e. The lowest BCUT2D eigenvalue weighted by atomic mass is 9.98. The monoisotopic (exact) mass is 614 g/mol. The molecule has 0 saturated carbocycles. The lowest BCUT2D eigenvalue weighted by molar-refractivity contribution is 1.06. The van der Waals surface area contributed by atoms with Gasteiger partial charge in [0.25, 0.3) is 0 Å². The van der Waals surface area contributed by atoms with Crippen LogP contribution in [0.5, 0.6) is 0 Å². The van der Waals surface area contributed by atoms with Crippen LogP contribution in [0.1, 0.15) is 13.8 Å². The highest BCUT2D eigenvalue weighted by Gasteiger charge is 2.14. The van der Waals surface area contributed by atoms with Crippen LogP contribution >= 0.6 is 11.6 Å². The molecule has 8 aromatic rings. The average Bonchev–Trinajstić information content (AvgIpc) is 3.47. The first-order chi connectivity index (χ1) is 22.7. The fourth-order valence-electron chi connectivity index (χ4n) is 5.91. The van der Waals surface area contributed by atoms with Crippen molar-refractivity contribution in [3.8, 4) is 50.7 Å². The number of benzene rings is 6. The molecule has 0 fully saturated rings. The number of rotatable bonds is 5. The van der Waals surface area contributed by atoms with E-state index in [0.717, 1.165) is 39.0 Å². The van der Waals surface area contributed by atoms with E-state index in [4.69, 9.17) is 16.6 Å². The number of fused-ring (bicyclic) bond motifs is 3. The summed E-state index contributed by atoms with van der Waals surface area (Å²) in [4.78, 5) is 13.9. The third-order valence-corrected chi connectivity index (χ3v) is 8.17. The lowest BCUT2D eigenvalue weighted by Crippen LogP contribution is -1.99. The van der Waals surface area contributed by atoms with Crippen molar-refractivity contribution in [1.82, 2.24) is 19.5 Å². The zero-order valence-corrected chi connectivity index (χ0v) is 26.4. The summed E-state index contributed by atoms with van der Waals surface area (Å²) in [6.45, 7) is 4.00. The summed E-state index contributed by atoms with van der Waals surface area (Å²) < 4.78 is 2.28. The van der Waals surface area contributed by atoms with Crippen LogP contribution in [0, 0.1) is 0 Å². The topological polar surface area (TPSA) is 43.6 Å². The average molecular weight is 615 g/mol. The molecule has 0 unspecified atom stereocenters. The van der Waals surface area contributed by atoms with Gasteiger partial charge < -0.3 is 4.57 Å². The van der Waals surface area contributed by atoms with Gasteiger partial charge in [-0.05, 0) is 64.2 Å². The molecule has 0 aliphatic heterocycles. The van der Waals surface area contributed by atoms with Crippen LogP contribution in [-0.2, 0) is 0 Å². The first-order valence-corrected chi connectivity index (χ1v) is 15.9. The molecular weight excluding hydrogens is 584 g/mol. The van der Waals surface area contributed by atoms with Gasteiger partial charge in [0, 0.05) is 27.6 Å². The second kappa shape index (κ2) is 12.8. The predicted molar refractivity (Wildman–Crippen MR) is 192 cm³/mol. The second-order valence-electron chi connectivity index (χ2n) is 10.7. The number of aromatic nitrogens is 4. The molecule has 0 radical (unpaired) electrons. The molecule has 0 aliphatic carbocycles. The maximum absolute atomic E-state index is 6.48. The number of nitrogens with zero attached hydrogens (tertiary/aromatic N) is 4. The Morgan fingerprint density at radius 1 is 0.413 bits per heavy atom. The summed E-state index contributed by atoms with van der Waals surface area (Å²) in [6, 6.07) is 52.5. The Morgan fingerprint density at radius 3 is 1.54 bits per heavy atom. The van der Waals surface area contributed by atoms with Gasteiger partial charge in [-0.3, -0.25) is 0 Å². The van der Waals surface area contributed by atoms with E-state index in [1.165, 1.54) is 21.9 Å². The van der Waals surface area contributed by atoms with Crippen LogP contribution in [0.2, 0.25) is 5.28 Å². The van der Waals surface area contributed by atoms with Crippen molar-refractivity contribution in [1.29, 1.82) is 0 Å². The van der Waals surface area contributed by atoms with Crippen LogP contribution in [0.4, 0.5) is 0 Å². The zero-order chi connectivity index (χ0) is 31.5. The fourth-order valence-corrected chi connectivity index (χ4v) is 6.07. The van der Waals surface area contributed by atoms with Crippen LogP contribution < -0.4 is 0 Å². The standard InChI is InChI=1S/C39H25ClN4.C2H6/c40-39-42-37(28-22-20-27(21-23-28)30-13-8-12-29(24-30)26-10-2-1-3-11-26)41-38(43-39)31-14-9-15-32(25-31)44-35-18-6-4-16-33(35)34-17-5-7-19-36(34)44;1-2/h1-25H;1-2H3. The molecule has 4 nitrogen and oxygen atoms in total. The van der Waals surface area contributed by atoms with Crippen LogP contribution in [0.3, 0.4) is 0 Å². The van der Waals surface area contributed by atoms with Crippen molar-refractivity contribution in [2.24, 2.45) is 0 Å². The minimum atomic E-state index is 0.159. The number of para-hydroxylation sites is 2. The van der Waals surface area contributed by atoms with Gasteiger partial charge in [0.15, 0.2) is 11.6 Å². The molecular formula is C41H31ClN4. The van der Waals surface area contributed by atoms with Gasteiger partial charge in [-0.25, -0.2) is 4.98 Å². The third-order valence-electron chi connectivity index (χ3n) is 8.00. The summed E-state index contributed by atoms with van der Waals surface area (Å²) in [5.41, 5.74) is 9.70. The molecule has 2 heterocycles. The first-order valence-electron chi connectivity index (χ1n) is 15.5. The van der Waals surface area contributed by atoms with E-state index in [1.807, 2.05) is 44.2 Å². The predicted octanol–water partition coefficient (Wildman–Crippen LogP) is 11.3. The Kier molecular flexibility index (Phi) is 8.11. The number of halogens is 1. The van der Waals surface area contributed by atoms with Crippen molar-refractivity contribution < 1.29 is 0 Å². The van der Waals surface area contributed by atoms with Gasteiger partial charge in [0.1, 0.15) is 0 Å². The van der Waals surface area contributed by atoms with Crippen molar-refractivity contribution in [3.05, 3.63) is 157 Å². The van der Waals surface area contributed by atoms with E-state index in [1.54, 1.807) is 0 Å². The normalized spacial score (nSPS) is 10.9. The lowest BCUT2D eigenvalue weighted by Gasteiger charge is -2.11. The Morgan fingerprint density at radius 2 is 0.891 bits per heavy atom. The fraction of sp³-hybridized carbons (Fsp3) is 0.0488. The SMILES string of the molecule is CC.Clc1nc(-c2ccc(-c3cccc(-c4ccccc4)c3)cc2)nc(-c2cccc(-n3c4ccccc4c4ccccc43)c2)n1. The quantitative estimate of drug-likeness (QED) is 0.194. The number of hydrogen-bond acceptors (Lipinski definition) is 3. The zero-order valence-electron chi connectivity index (χ0n) is 25.6. The van der Waals surface area contributed by atoms with Gasteiger partial charge in [-0.2, -0.15) is 9.97 Å². The third kappa shape index (κ3) is 5.55. The van der Waals surface area contributed by atoms with Gasteiger partial charge in [-0.1, -0.05) is 135 Å². The molecule has 0 atom stereocenters. The number of hydrogen-bond donors (Lipinski definition) is 0. The highest BCUT2D eigenvalue weighted by Crippen LogP contribution is 2.33. The van der Waals surface area contributed by atoms with Crippen molar-refractivity contribution >= 4 is 33.4 Å². The molecule has 0 N–H and O–H groups in total. The minimum Gasteiger partial charge on any atom is -0.309 e. The van der Waals surface area contributed by atoms with E-state index in [0.29, 0.717) is 11.6 Å². The molecule has 5 heteroatoms. The molecule has 0 aliphatic rings. The van der Waals surface area contributed by atoms with Gasteiger partial charge in [-0.15, -0.1) is 0 Å². The van der Waals surface area contributed by atoms with Crippen LogP contribution in [0.25, 0.3) is 72.5 Å². The Labute approximate surface area is 273 Å². The molecule has 0 bridgehead atoms. The van der Waals surface area contributed by atoms with Gasteiger partial charge >= 0.3 is 0 Å². The summed E-state index contributed by atoms with van der Waals surface area (Å²) in [7, 11) is 0. The first kappa shape index (κ1) is 29.1. The van der Waals surface area contributed by atoms with Gasteiger partial charge in [0.05, 0.1) is 11.0 Å². The van der Waals surface area contributed by atoms with Crippen molar-refractivity contribution in [2.45, 2.75) is 13.8 Å². The van der Waals surface area contributed by atoms with E-state index in [2.05, 4.69) is 136 Å². The largest absolute Gasteiger partial charge is 0.309 e. The summed E-state index contributed by atoms with van der Waals surface area (Å²) in [6.07, 6.45) is 0. The Balaban J connectivity index is 0.00000166. The second-order valence-corrected chi connectivity index (χ2v) is 11.0. The van der Waals surface area contributed by atoms with Crippen molar-refractivity contribution in [3.63, 3.8) is 0 Å². The van der Waals surface area contributed by atoms with Gasteiger partial charge in [0.2, 0.25) is 5.28 Å². The molecule has 0 amide bonds. The minimum absolute atomic E-state index is 0.159. The van der Waals surface area contributed by atoms with Crippen molar-refractivity contribution in [2.75, 3.05) is 0 Å². The molecule has 0 saturated heterocycles. The van der Waals surface area contributed by atoms with Crippen LogP contribution in [-0.4, -0.2) is 19.5 Å². The van der Waals surface area contributed by atoms with E-state index in [9.17, 15) is 0 Å². The maximum atomic E-state index is 6.48. The van der Waals surface area contributed by atoms with E-state index in [-0.39, 0.29) is 5.28 Å². The van der Waals surface area contributed by atoms with Crippen LogP contribution in [0.15, 0.2) is 152 Å². The molecule has 46 heavy (non-hydrogen) atoms. The summed E-state index contributed by atoms with van der Waals surface area (Å²) in [5.74, 6) is 1.06. The molecule has 2 aromatic heterocycles. The Bertz CT molecular complexity index is 2240.